The van der Waals surface area contributed by atoms with Crippen molar-refractivity contribution in [1.29, 1.82) is 0 Å². The van der Waals surface area contributed by atoms with Crippen LogP contribution in [0.15, 0.2) is 11.6 Å². The molecule has 0 aliphatic rings. The van der Waals surface area contributed by atoms with Gasteiger partial charge in [-0.2, -0.15) is 0 Å². The van der Waals surface area contributed by atoms with Gasteiger partial charge in [0.1, 0.15) is 0 Å². The summed E-state index contributed by atoms with van der Waals surface area (Å²) < 4.78 is 0. The second-order valence-corrected chi connectivity index (χ2v) is 4.65. The van der Waals surface area contributed by atoms with Crippen LogP contribution in [0.5, 0.6) is 0 Å². The lowest BCUT2D eigenvalue weighted by Crippen LogP contribution is -2.10. The highest BCUT2D eigenvalue weighted by atomic mass is 16.1. The maximum absolute atomic E-state index is 11.6. The van der Waals surface area contributed by atoms with Gasteiger partial charge in [-0.1, -0.05) is 33.8 Å². The summed E-state index contributed by atoms with van der Waals surface area (Å²) in [5.74, 6) is 0.319. The Morgan fingerprint density at radius 1 is 1.31 bits per heavy atom. The first-order chi connectivity index (χ1) is 5.90. The Hall–Kier alpha value is -0.590. The maximum Gasteiger partial charge on any atom is 0.158 e. The van der Waals surface area contributed by atoms with Crippen LogP contribution in [-0.2, 0) is 4.79 Å². The van der Waals surface area contributed by atoms with E-state index in [1.807, 2.05) is 19.9 Å². The molecule has 0 aliphatic carbocycles. The van der Waals surface area contributed by atoms with Gasteiger partial charge in [0.25, 0.3) is 0 Å². The summed E-state index contributed by atoms with van der Waals surface area (Å²) in [6, 6.07) is 0. The van der Waals surface area contributed by atoms with Crippen molar-refractivity contribution in [1.82, 2.24) is 0 Å². The Balaban J connectivity index is 4.02. The minimum Gasteiger partial charge on any atom is -0.295 e. The predicted molar refractivity (Wildman–Crippen MR) is 57.7 cm³/mol. The first-order valence-corrected chi connectivity index (χ1v) is 5.09. The molecule has 0 rings (SSSR count). The minimum atomic E-state index is 0.266. The van der Waals surface area contributed by atoms with Crippen LogP contribution in [0.2, 0.25) is 0 Å². The minimum absolute atomic E-state index is 0.266. The van der Waals surface area contributed by atoms with E-state index in [9.17, 15) is 4.79 Å². The normalized spacial score (nSPS) is 13.2. The van der Waals surface area contributed by atoms with E-state index in [4.69, 9.17) is 0 Å². The molecule has 0 aromatic heterocycles. The molecule has 0 unspecified atom stereocenters. The highest BCUT2D eigenvalue weighted by molar-refractivity contribution is 5.95. The van der Waals surface area contributed by atoms with Crippen molar-refractivity contribution < 1.29 is 4.79 Å². The SMILES string of the molecule is CC=C(CC)C(=O)CCC(C)(C)C. The second kappa shape index (κ2) is 5.21. The van der Waals surface area contributed by atoms with Gasteiger partial charge in [0.2, 0.25) is 0 Å². The lowest BCUT2D eigenvalue weighted by atomic mass is 9.88. The Morgan fingerprint density at radius 3 is 2.15 bits per heavy atom. The van der Waals surface area contributed by atoms with E-state index in [1.165, 1.54) is 0 Å². The van der Waals surface area contributed by atoms with Crippen LogP contribution in [0.25, 0.3) is 0 Å². The zero-order valence-electron chi connectivity index (χ0n) is 9.61. The number of hydrogen-bond acceptors (Lipinski definition) is 1. The third kappa shape index (κ3) is 5.62. The molecule has 0 atom stereocenters. The Bertz CT molecular complexity index is 194. The first kappa shape index (κ1) is 12.4. The number of allylic oxidation sites excluding steroid dienone is 2. The van der Waals surface area contributed by atoms with Crippen molar-refractivity contribution in [2.75, 3.05) is 0 Å². The summed E-state index contributed by atoms with van der Waals surface area (Å²) >= 11 is 0. The molecule has 0 amide bonds. The number of rotatable bonds is 4. The highest BCUT2D eigenvalue weighted by Gasteiger charge is 2.14. The number of carbonyl (C=O) groups is 1. The summed E-state index contributed by atoms with van der Waals surface area (Å²) in [6.07, 6.45) is 4.46. The number of carbonyl (C=O) groups excluding carboxylic acids is 1. The van der Waals surface area contributed by atoms with E-state index in [0.717, 1.165) is 18.4 Å². The average molecular weight is 182 g/mol. The van der Waals surface area contributed by atoms with Gasteiger partial charge in [0.15, 0.2) is 5.78 Å². The third-order valence-electron chi connectivity index (χ3n) is 2.19. The topological polar surface area (TPSA) is 17.1 Å². The smallest absolute Gasteiger partial charge is 0.158 e. The average Bonchev–Trinajstić information content (AvgIpc) is 2.02. The zero-order chi connectivity index (χ0) is 10.5. The molecule has 0 saturated heterocycles. The van der Waals surface area contributed by atoms with Crippen LogP contribution in [-0.4, -0.2) is 5.78 Å². The van der Waals surface area contributed by atoms with Crippen LogP contribution in [0, 0.1) is 5.41 Å². The van der Waals surface area contributed by atoms with Crippen molar-refractivity contribution in [3.8, 4) is 0 Å². The first-order valence-electron chi connectivity index (χ1n) is 5.09. The van der Waals surface area contributed by atoms with Gasteiger partial charge in [0.05, 0.1) is 0 Å². The molecule has 0 bridgehead atoms. The molecule has 0 N–H and O–H groups in total. The molecule has 13 heavy (non-hydrogen) atoms. The number of hydrogen-bond donors (Lipinski definition) is 0. The molecule has 1 heteroatoms. The molecule has 0 radical (unpaired) electrons. The molecule has 1 nitrogen and oxygen atoms in total. The maximum atomic E-state index is 11.6. The standard InChI is InChI=1S/C12H22O/c1-6-10(7-2)11(13)8-9-12(3,4)5/h6H,7-9H2,1-5H3. The van der Waals surface area contributed by atoms with Gasteiger partial charge >= 0.3 is 0 Å². The van der Waals surface area contributed by atoms with E-state index >= 15 is 0 Å². The predicted octanol–water partition coefficient (Wildman–Crippen LogP) is 3.74. The van der Waals surface area contributed by atoms with E-state index in [-0.39, 0.29) is 5.41 Å². The fraction of sp³-hybridized carbons (Fsp3) is 0.750. The molecule has 0 saturated carbocycles. The molecule has 0 aromatic rings. The van der Waals surface area contributed by atoms with Crippen LogP contribution in [0.4, 0.5) is 0 Å². The molecule has 0 heterocycles. The zero-order valence-corrected chi connectivity index (χ0v) is 9.61. The van der Waals surface area contributed by atoms with Crippen LogP contribution < -0.4 is 0 Å². The van der Waals surface area contributed by atoms with Gasteiger partial charge < -0.3 is 0 Å². The van der Waals surface area contributed by atoms with Gasteiger partial charge in [0, 0.05) is 6.42 Å². The Kier molecular flexibility index (Phi) is 4.97. The van der Waals surface area contributed by atoms with Gasteiger partial charge in [-0.15, -0.1) is 0 Å². The van der Waals surface area contributed by atoms with Crippen LogP contribution in [0.1, 0.15) is 53.9 Å². The lowest BCUT2D eigenvalue weighted by molar-refractivity contribution is -0.116. The van der Waals surface area contributed by atoms with Crippen molar-refractivity contribution in [3.05, 3.63) is 11.6 Å². The fourth-order valence-corrected chi connectivity index (χ4v) is 1.21. The van der Waals surface area contributed by atoms with Crippen molar-refractivity contribution >= 4 is 5.78 Å². The highest BCUT2D eigenvalue weighted by Crippen LogP contribution is 2.22. The molecule has 76 valence electrons. The quantitative estimate of drug-likeness (QED) is 0.605. The van der Waals surface area contributed by atoms with E-state index in [1.54, 1.807) is 0 Å². The van der Waals surface area contributed by atoms with E-state index < -0.39 is 0 Å². The third-order valence-corrected chi connectivity index (χ3v) is 2.19. The van der Waals surface area contributed by atoms with Gasteiger partial charge in [-0.05, 0) is 30.8 Å². The fourth-order valence-electron chi connectivity index (χ4n) is 1.21. The number of Topliss-reactive ketones (excluding diaryl/α,β-unsaturated/α-hetero) is 1. The van der Waals surface area contributed by atoms with Crippen molar-refractivity contribution in [2.45, 2.75) is 53.9 Å². The molecule has 0 aliphatic heterocycles. The molecule has 0 spiro atoms. The van der Waals surface area contributed by atoms with Crippen LogP contribution in [0.3, 0.4) is 0 Å². The van der Waals surface area contributed by atoms with E-state index in [2.05, 4.69) is 20.8 Å². The summed E-state index contributed by atoms with van der Waals surface area (Å²) in [6.45, 7) is 10.5. The molecular weight excluding hydrogens is 160 g/mol. The Morgan fingerprint density at radius 2 is 1.85 bits per heavy atom. The molecular formula is C12H22O. The lowest BCUT2D eigenvalue weighted by Gasteiger charge is -2.17. The molecule has 0 fully saturated rings. The van der Waals surface area contributed by atoms with E-state index in [0.29, 0.717) is 12.2 Å². The summed E-state index contributed by atoms with van der Waals surface area (Å²) in [7, 11) is 0. The van der Waals surface area contributed by atoms with Crippen molar-refractivity contribution in [2.24, 2.45) is 5.41 Å². The molecule has 0 aromatic carbocycles. The Labute approximate surface area is 82.2 Å². The van der Waals surface area contributed by atoms with Gasteiger partial charge in [-0.25, -0.2) is 0 Å². The summed E-state index contributed by atoms with van der Waals surface area (Å²) in [5.41, 5.74) is 1.24. The second-order valence-electron chi connectivity index (χ2n) is 4.65. The van der Waals surface area contributed by atoms with Gasteiger partial charge in [-0.3, -0.25) is 4.79 Å². The summed E-state index contributed by atoms with van der Waals surface area (Å²) in [5, 5.41) is 0. The van der Waals surface area contributed by atoms with Crippen LogP contribution >= 0.6 is 0 Å². The van der Waals surface area contributed by atoms with Crippen molar-refractivity contribution in [3.63, 3.8) is 0 Å². The monoisotopic (exact) mass is 182 g/mol. The summed E-state index contributed by atoms with van der Waals surface area (Å²) in [4.78, 5) is 11.6. The number of ketones is 1. The largest absolute Gasteiger partial charge is 0.295 e.